The van der Waals surface area contributed by atoms with Gasteiger partial charge in [0.05, 0.1) is 0 Å². The van der Waals surface area contributed by atoms with Crippen molar-refractivity contribution < 1.29 is 9.59 Å². The molecule has 0 unspecified atom stereocenters. The van der Waals surface area contributed by atoms with Gasteiger partial charge in [0.25, 0.3) is 0 Å². The quantitative estimate of drug-likeness (QED) is 0.548. The number of ketones is 2. The molecule has 0 fully saturated rings. The van der Waals surface area contributed by atoms with Gasteiger partial charge < -0.3 is 0 Å². The summed E-state index contributed by atoms with van der Waals surface area (Å²) in [6.07, 6.45) is 0. The van der Waals surface area contributed by atoms with Crippen LogP contribution in [0.15, 0.2) is 58.1 Å². The summed E-state index contributed by atoms with van der Waals surface area (Å²) in [6, 6.07) is 13.2. The lowest BCUT2D eigenvalue weighted by Gasteiger charge is -2.12. The second-order valence-corrected chi connectivity index (χ2v) is 5.68. The van der Waals surface area contributed by atoms with E-state index < -0.39 is 10.9 Å². The summed E-state index contributed by atoms with van der Waals surface area (Å²) in [5, 5.41) is 0. The Bertz CT molecular complexity index is 930. The van der Waals surface area contributed by atoms with Gasteiger partial charge in [0.1, 0.15) is 0 Å². The van der Waals surface area contributed by atoms with Gasteiger partial charge in [-0.2, -0.15) is 0 Å². The fourth-order valence-corrected chi connectivity index (χ4v) is 2.69. The Kier molecular flexibility index (Phi) is 3.81. The molecule has 0 radical (unpaired) electrons. The van der Waals surface area contributed by atoms with Crippen LogP contribution in [0.2, 0.25) is 0 Å². The van der Waals surface area contributed by atoms with Crippen molar-refractivity contribution in [1.29, 1.82) is 0 Å². The summed E-state index contributed by atoms with van der Waals surface area (Å²) >= 11 is 0. The lowest BCUT2D eigenvalue weighted by Crippen LogP contribution is -2.35. The molecule has 3 aromatic rings. The zero-order valence-corrected chi connectivity index (χ0v) is 13.3. The molecule has 0 aliphatic carbocycles. The molecule has 0 atom stereocenters. The summed E-state index contributed by atoms with van der Waals surface area (Å²) in [5.74, 6) is -0.127. The van der Waals surface area contributed by atoms with Crippen molar-refractivity contribution in [2.45, 2.75) is 13.8 Å². The van der Waals surface area contributed by atoms with Gasteiger partial charge in [-0.05, 0) is 25.0 Å². The van der Waals surface area contributed by atoms with Gasteiger partial charge in [0, 0.05) is 22.3 Å². The molecule has 0 heterocycles. The van der Waals surface area contributed by atoms with Crippen LogP contribution in [0.3, 0.4) is 0 Å². The molecule has 0 saturated heterocycles. The summed E-state index contributed by atoms with van der Waals surface area (Å²) in [4.78, 5) is 46.7. The minimum absolute atomic E-state index is 0.0633. The molecule has 0 aliphatic rings. The van der Waals surface area contributed by atoms with Gasteiger partial charge in [0.2, 0.25) is 10.9 Å². The van der Waals surface area contributed by atoms with Crippen molar-refractivity contribution in [3.8, 4) is 22.3 Å². The fraction of sp³-hybridized carbons (Fsp3) is 0.100. The Balaban J connectivity index is 2.07. The highest BCUT2D eigenvalue weighted by Gasteiger charge is 2.23. The normalized spacial score (nSPS) is 10.8. The molecule has 24 heavy (non-hydrogen) atoms. The van der Waals surface area contributed by atoms with E-state index >= 15 is 0 Å². The van der Waals surface area contributed by atoms with Gasteiger partial charge >= 0.3 is 0 Å². The zero-order chi connectivity index (χ0) is 17.4. The minimum atomic E-state index is -0.531. The molecule has 0 amide bonds. The van der Waals surface area contributed by atoms with E-state index in [-0.39, 0.29) is 11.6 Å². The number of benzene rings is 2. The molecule has 4 heteroatoms. The van der Waals surface area contributed by atoms with E-state index in [1.165, 1.54) is 13.8 Å². The number of rotatable bonds is 4. The van der Waals surface area contributed by atoms with Gasteiger partial charge in [-0.1, -0.05) is 48.5 Å². The first-order chi connectivity index (χ1) is 11.4. The molecule has 0 aromatic heterocycles. The summed E-state index contributed by atoms with van der Waals surface area (Å²) in [6.45, 7) is 2.93. The van der Waals surface area contributed by atoms with E-state index in [9.17, 15) is 19.2 Å². The number of carbonyl (C=O) groups excluding carboxylic acids is 2. The Morgan fingerprint density at radius 2 is 0.875 bits per heavy atom. The SMILES string of the molecule is CC(=O)c1ccc(-c2c(-c3ccc(C(C)=O)cc3)c(=O)c2=O)cc1. The van der Waals surface area contributed by atoms with Crippen LogP contribution in [0, 0.1) is 0 Å². The Morgan fingerprint density at radius 1 is 0.583 bits per heavy atom. The number of hydrogen-bond acceptors (Lipinski definition) is 4. The zero-order valence-electron chi connectivity index (χ0n) is 13.3. The van der Waals surface area contributed by atoms with Crippen molar-refractivity contribution in [3.63, 3.8) is 0 Å². The van der Waals surface area contributed by atoms with Crippen LogP contribution in [-0.2, 0) is 0 Å². The topological polar surface area (TPSA) is 68.3 Å². The van der Waals surface area contributed by atoms with Crippen molar-refractivity contribution >= 4 is 11.6 Å². The average Bonchev–Trinajstić information content (AvgIpc) is 2.59. The van der Waals surface area contributed by atoms with Crippen LogP contribution in [0.1, 0.15) is 34.6 Å². The largest absolute Gasteiger partial charge is 0.295 e. The third-order valence-corrected chi connectivity index (χ3v) is 4.07. The third-order valence-electron chi connectivity index (χ3n) is 4.07. The Morgan fingerprint density at radius 3 is 1.12 bits per heavy atom. The molecule has 0 aliphatic heterocycles. The maximum absolute atomic E-state index is 12.0. The van der Waals surface area contributed by atoms with Crippen molar-refractivity contribution in [1.82, 2.24) is 0 Å². The van der Waals surface area contributed by atoms with Crippen LogP contribution in [-0.4, -0.2) is 11.6 Å². The highest BCUT2D eigenvalue weighted by Crippen LogP contribution is 2.28. The van der Waals surface area contributed by atoms with Crippen molar-refractivity contribution in [2.24, 2.45) is 0 Å². The smallest absolute Gasteiger partial charge is 0.234 e. The van der Waals surface area contributed by atoms with Gasteiger partial charge in [-0.3, -0.25) is 19.2 Å². The van der Waals surface area contributed by atoms with Crippen LogP contribution in [0.5, 0.6) is 0 Å². The molecule has 0 spiro atoms. The maximum Gasteiger partial charge on any atom is 0.234 e. The summed E-state index contributed by atoms with van der Waals surface area (Å²) < 4.78 is 0. The van der Waals surface area contributed by atoms with Crippen LogP contribution < -0.4 is 10.9 Å². The molecule has 118 valence electrons. The average molecular weight is 318 g/mol. The molecule has 3 aromatic carbocycles. The minimum Gasteiger partial charge on any atom is -0.295 e. The standard InChI is InChI=1S/C20H14O4/c1-11(21)13-3-7-15(8-4-13)17-18(20(24)19(17)23)16-9-5-14(6-10-16)12(2)22/h3-10H,1-2H3. The van der Waals surface area contributed by atoms with E-state index in [0.717, 1.165) is 0 Å². The van der Waals surface area contributed by atoms with Crippen LogP contribution in [0.25, 0.3) is 22.3 Å². The Hall–Kier alpha value is -3.14. The summed E-state index contributed by atoms with van der Waals surface area (Å²) in [7, 11) is 0. The van der Waals surface area contributed by atoms with Crippen molar-refractivity contribution in [2.75, 3.05) is 0 Å². The maximum atomic E-state index is 12.0. The lowest BCUT2D eigenvalue weighted by molar-refractivity contribution is 0.100. The predicted molar refractivity (Wildman–Crippen MR) is 92.2 cm³/mol. The molecule has 0 saturated carbocycles. The second kappa shape index (κ2) is 5.81. The first kappa shape index (κ1) is 15.7. The first-order valence-electron chi connectivity index (χ1n) is 7.46. The highest BCUT2D eigenvalue weighted by molar-refractivity contribution is 5.96. The highest BCUT2D eigenvalue weighted by atomic mass is 16.2. The lowest BCUT2D eigenvalue weighted by atomic mass is 9.88. The molecule has 4 nitrogen and oxygen atoms in total. The second-order valence-electron chi connectivity index (χ2n) is 5.68. The van der Waals surface area contributed by atoms with Crippen LogP contribution in [0.4, 0.5) is 0 Å². The van der Waals surface area contributed by atoms with E-state index in [1.54, 1.807) is 48.5 Å². The predicted octanol–water partition coefficient (Wildman–Crippen LogP) is 3.02. The Labute approximate surface area is 138 Å². The van der Waals surface area contributed by atoms with E-state index in [0.29, 0.717) is 33.4 Å². The first-order valence-corrected chi connectivity index (χ1v) is 7.46. The molecular weight excluding hydrogens is 304 g/mol. The monoisotopic (exact) mass is 318 g/mol. The van der Waals surface area contributed by atoms with Crippen LogP contribution >= 0.6 is 0 Å². The van der Waals surface area contributed by atoms with E-state index in [1.807, 2.05) is 0 Å². The number of hydrogen-bond donors (Lipinski definition) is 0. The molecular formula is C20H14O4. The van der Waals surface area contributed by atoms with Crippen molar-refractivity contribution in [3.05, 3.63) is 80.1 Å². The van der Waals surface area contributed by atoms with Gasteiger partial charge in [-0.25, -0.2) is 0 Å². The number of Topliss-reactive ketones (excluding diaryl/α,β-unsaturated/α-hetero) is 2. The number of carbonyl (C=O) groups is 2. The van der Waals surface area contributed by atoms with E-state index in [2.05, 4.69) is 0 Å². The molecule has 0 bridgehead atoms. The van der Waals surface area contributed by atoms with E-state index in [4.69, 9.17) is 0 Å². The summed E-state index contributed by atoms with van der Waals surface area (Å²) in [5.41, 5.74) is 1.95. The third kappa shape index (κ3) is 2.52. The molecule has 3 rings (SSSR count). The fourth-order valence-electron chi connectivity index (χ4n) is 2.69. The van der Waals surface area contributed by atoms with Gasteiger partial charge in [-0.15, -0.1) is 0 Å². The molecule has 0 N–H and O–H groups in total. The van der Waals surface area contributed by atoms with Gasteiger partial charge in [0.15, 0.2) is 11.6 Å².